The molecule has 0 amide bonds. The zero-order valence-electron chi connectivity index (χ0n) is 8.37. The van der Waals surface area contributed by atoms with Gasteiger partial charge in [-0.15, -0.1) is 0 Å². The molecule has 0 saturated carbocycles. The summed E-state index contributed by atoms with van der Waals surface area (Å²) >= 11 is 0. The van der Waals surface area contributed by atoms with Crippen LogP contribution in [0.1, 0.15) is 0 Å². The first-order valence-electron chi connectivity index (χ1n) is 5.21. The van der Waals surface area contributed by atoms with Gasteiger partial charge in [0, 0.05) is 74.3 Å². The van der Waals surface area contributed by atoms with Crippen LogP contribution in [0.15, 0.2) is 0 Å². The summed E-state index contributed by atoms with van der Waals surface area (Å²) in [5.41, 5.74) is 0. The van der Waals surface area contributed by atoms with Crippen LogP contribution in [0.25, 0.3) is 0 Å². The van der Waals surface area contributed by atoms with E-state index in [2.05, 4.69) is 19.2 Å². The predicted octanol–water partition coefficient (Wildman–Crippen LogP) is 0.00820. The van der Waals surface area contributed by atoms with Gasteiger partial charge in [-0.3, -0.25) is 0 Å². The van der Waals surface area contributed by atoms with Crippen LogP contribution in [-0.2, 0) is 0 Å². The van der Waals surface area contributed by atoms with E-state index in [1.165, 1.54) is 26.2 Å². The van der Waals surface area contributed by atoms with Gasteiger partial charge < -0.3 is 10.6 Å². The topological polar surface area (TPSA) is 30.5 Å². The fraction of sp³-hybridized carbons (Fsp3) is 1.00. The summed E-state index contributed by atoms with van der Waals surface area (Å²) in [6.07, 6.45) is 0. The van der Waals surface area contributed by atoms with E-state index in [1.807, 2.05) is 22.0 Å². The average molecular weight is 234 g/mol. The van der Waals surface area contributed by atoms with Crippen molar-refractivity contribution >= 4 is 22.0 Å². The lowest BCUT2D eigenvalue weighted by molar-refractivity contribution is 0.392. The van der Waals surface area contributed by atoms with Gasteiger partial charge >= 0.3 is 0 Å². The first-order valence-corrected chi connectivity index (χ1v) is 7.27. The Bertz CT molecular complexity index is 139. The lowest BCUT2D eigenvalue weighted by Gasteiger charge is -2.30. The zero-order valence-corrected chi connectivity index (χ0v) is 10.0. The van der Waals surface area contributed by atoms with Gasteiger partial charge in [-0.25, -0.2) is 8.61 Å². The van der Waals surface area contributed by atoms with Crippen LogP contribution in [0.4, 0.5) is 0 Å². The molecule has 0 bridgehead atoms. The van der Waals surface area contributed by atoms with Crippen molar-refractivity contribution in [1.82, 2.24) is 19.2 Å². The molecule has 0 aromatic heterocycles. The smallest absolute Gasteiger partial charge is 0.0224 e. The van der Waals surface area contributed by atoms with Crippen molar-refractivity contribution in [2.24, 2.45) is 0 Å². The van der Waals surface area contributed by atoms with Crippen LogP contribution in [0.2, 0.25) is 0 Å². The molecule has 2 heterocycles. The summed E-state index contributed by atoms with van der Waals surface area (Å²) < 4.78 is 4.90. The van der Waals surface area contributed by atoms with E-state index in [1.54, 1.807) is 0 Å². The van der Waals surface area contributed by atoms with E-state index in [0.717, 1.165) is 26.2 Å². The molecule has 0 atom stereocenters. The summed E-state index contributed by atoms with van der Waals surface area (Å²) in [6, 6.07) is 0. The standard InChI is InChI=1S/C8H18N4S2/c1-5-11(6-2-9-1)13-14-12-7-3-10-4-8-12/h9-10H,1-8H2. The van der Waals surface area contributed by atoms with Crippen molar-refractivity contribution < 1.29 is 0 Å². The number of nitrogens with zero attached hydrogens (tertiary/aromatic N) is 2. The van der Waals surface area contributed by atoms with Gasteiger partial charge in [0.15, 0.2) is 0 Å². The van der Waals surface area contributed by atoms with Crippen LogP contribution in [-0.4, -0.2) is 61.0 Å². The van der Waals surface area contributed by atoms with Crippen LogP contribution < -0.4 is 10.6 Å². The minimum atomic E-state index is 1.13. The van der Waals surface area contributed by atoms with Gasteiger partial charge in [0.1, 0.15) is 0 Å². The molecule has 2 aliphatic rings. The van der Waals surface area contributed by atoms with Crippen molar-refractivity contribution in [3.05, 3.63) is 0 Å². The summed E-state index contributed by atoms with van der Waals surface area (Å²) in [5, 5.41) is 6.73. The molecule has 0 aliphatic carbocycles. The molecule has 0 aromatic carbocycles. The van der Waals surface area contributed by atoms with Gasteiger partial charge in [0.05, 0.1) is 0 Å². The number of nitrogens with one attached hydrogen (secondary N) is 2. The molecule has 82 valence electrons. The molecule has 6 heteroatoms. The highest BCUT2D eigenvalue weighted by Gasteiger charge is 2.14. The molecule has 14 heavy (non-hydrogen) atoms. The second kappa shape index (κ2) is 6.19. The maximum Gasteiger partial charge on any atom is 0.0224 e. The Kier molecular flexibility index (Phi) is 4.88. The Morgan fingerprint density at radius 1 is 0.643 bits per heavy atom. The van der Waals surface area contributed by atoms with Crippen LogP contribution in [0.3, 0.4) is 0 Å². The van der Waals surface area contributed by atoms with Gasteiger partial charge in [-0.05, 0) is 0 Å². The number of rotatable bonds is 3. The summed E-state index contributed by atoms with van der Waals surface area (Å²) in [7, 11) is 3.82. The Balaban J connectivity index is 1.60. The third kappa shape index (κ3) is 3.60. The fourth-order valence-corrected chi connectivity index (χ4v) is 3.84. The summed E-state index contributed by atoms with van der Waals surface area (Å²) in [6.45, 7) is 9.22. The number of hydrogen-bond acceptors (Lipinski definition) is 6. The normalized spacial score (nSPS) is 26.6. The molecule has 2 N–H and O–H groups in total. The molecule has 2 rings (SSSR count). The van der Waals surface area contributed by atoms with Crippen LogP contribution in [0, 0.1) is 0 Å². The Morgan fingerprint density at radius 3 is 1.36 bits per heavy atom. The minimum Gasteiger partial charge on any atom is -0.314 e. The van der Waals surface area contributed by atoms with E-state index in [0.29, 0.717) is 0 Å². The third-order valence-corrected chi connectivity index (χ3v) is 5.08. The molecule has 2 aliphatic heterocycles. The lowest BCUT2D eigenvalue weighted by Crippen LogP contribution is -2.41. The molecule has 0 spiro atoms. The van der Waals surface area contributed by atoms with E-state index in [9.17, 15) is 0 Å². The van der Waals surface area contributed by atoms with Crippen molar-refractivity contribution in [2.45, 2.75) is 0 Å². The van der Waals surface area contributed by atoms with Crippen LogP contribution >= 0.6 is 22.0 Å². The molecule has 0 unspecified atom stereocenters. The first-order chi connectivity index (χ1) is 6.95. The minimum absolute atomic E-state index is 1.13. The Labute approximate surface area is 93.8 Å². The third-order valence-electron chi connectivity index (χ3n) is 2.40. The van der Waals surface area contributed by atoms with Crippen molar-refractivity contribution in [2.75, 3.05) is 52.4 Å². The molecule has 0 aromatic rings. The van der Waals surface area contributed by atoms with E-state index in [4.69, 9.17) is 0 Å². The highest BCUT2D eigenvalue weighted by Crippen LogP contribution is 2.29. The Morgan fingerprint density at radius 2 is 1.00 bits per heavy atom. The second-order valence-electron chi connectivity index (χ2n) is 3.51. The summed E-state index contributed by atoms with van der Waals surface area (Å²) in [5.74, 6) is 0. The number of piperazine rings is 2. The van der Waals surface area contributed by atoms with Gasteiger partial charge in [-0.2, -0.15) is 0 Å². The molecular formula is C8H18N4S2. The Hall–Kier alpha value is 0.540. The van der Waals surface area contributed by atoms with Crippen molar-refractivity contribution in [1.29, 1.82) is 0 Å². The molecular weight excluding hydrogens is 216 g/mol. The van der Waals surface area contributed by atoms with Gasteiger partial charge in [0.2, 0.25) is 0 Å². The van der Waals surface area contributed by atoms with Crippen LogP contribution in [0.5, 0.6) is 0 Å². The van der Waals surface area contributed by atoms with Crippen molar-refractivity contribution in [3.8, 4) is 0 Å². The second-order valence-corrected chi connectivity index (χ2v) is 5.73. The first kappa shape index (κ1) is 11.0. The SMILES string of the molecule is C1CN(SSN2CCNCC2)CCN1. The highest BCUT2D eigenvalue weighted by molar-refractivity contribution is 8.74. The van der Waals surface area contributed by atoms with Gasteiger partial charge in [0.25, 0.3) is 0 Å². The quantitative estimate of drug-likeness (QED) is 0.528. The van der Waals surface area contributed by atoms with E-state index in [-0.39, 0.29) is 0 Å². The fourth-order valence-electron chi connectivity index (χ4n) is 1.53. The molecule has 2 saturated heterocycles. The van der Waals surface area contributed by atoms with E-state index >= 15 is 0 Å². The summed E-state index contributed by atoms with van der Waals surface area (Å²) in [4.78, 5) is 0. The van der Waals surface area contributed by atoms with Gasteiger partial charge in [-0.1, -0.05) is 0 Å². The zero-order chi connectivity index (χ0) is 9.64. The monoisotopic (exact) mass is 234 g/mol. The van der Waals surface area contributed by atoms with Crippen molar-refractivity contribution in [3.63, 3.8) is 0 Å². The largest absolute Gasteiger partial charge is 0.314 e. The average Bonchev–Trinajstić information content (AvgIpc) is 2.29. The lowest BCUT2D eigenvalue weighted by atomic mass is 10.4. The number of hydrogen-bond donors (Lipinski definition) is 2. The molecule has 0 radical (unpaired) electrons. The predicted molar refractivity (Wildman–Crippen MR) is 64.1 cm³/mol. The maximum absolute atomic E-state index is 3.36. The highest BCUT2D eigenvalue weighted by atomic mass is 33.1. The maximum atomic E-state index is 3.36. The van der Waals surface area contributed by atoms with E-state index < -0.39 is 0 Å². The molecule has 2 fully saturated rings. The molecule has 4 nitrogen and oxygen atoms in total.